The van der Waals surface area contributed by atoms with Crippen molar-refractivity contribution >= 4 is 6.79 Å². The number of aryl methyl sites for hydroxylation is 1. The Morgan fingerprint density at radius 2 is 1.42 bits per heavy atom. The summed E-state index contributed by atoms with van der Waals surface area (Å²) in [6.45, 7) is 4.08. The molecule has 0 aliphatic carbocycles. The Kier molecular flexibility index (Phi) is 14.0. The van der Waals surface area contributed by atoms with E-state index in [9.17, 15) is 0 Å². The van der Waals surface area contributed by atoms with Gasteiger partial charge >= 0.3 is 0 Å². The van der Waals surface area contributed by atoms with Gasteiger partial charge in [0.15, 0.2) is 0 Å². The molecule has 68 valence electrons. The normalized spacial score (nSPS) is 6.92. The predicted octanol–water partition coefficient (Wildman–Crippen LogP) is 1.65. The highest BCUT2D eigenvalue weighted by Gasteiger charge is 1.72. The van der Waals surface area contributed by atoms with Crippen molar-refractivity contribution in [1.29, 1.82) is 0 Å². The van der Waals surface area contributed by atoms with Gasteiger partial charge in [0.1, 0.15) is 6.79 Å². The van der Waals surface area contributed by atoms with Gasteiger partial charge in [-0.15, -0.1) is 0 Å². The third-order valence-electron chi connectivity index (χ3n) is 0.940. The van der Waals surface area contributed by atoms with E-state index in [-0.39, 0.29) is 0 Å². The molecule has 1 aromatic rings. The second-order valence-corrected chi connectivity index (χ2v) is 2.15. The minimum absolute atomic E-state index is 1.32. The van der Waals surface area contributed by atoms with E-state index in [1.165, 1.54) is 5.56 Å². The first-order chi connectivity index (χ1) is 5.81. The standard InChI is InChI=1S/C7H8.C2H7N.CH2O/c1-7-5-3-2-4-6-7;1-3-2;1-2/h2-6H,1H3;3H,1-2H3;1H2. The lowest BCUT2D eigenvalue weighted by Crippen LogP contribution is -1.89. The van der Waals surface area contributed by atoms with Crippen LogP contribution in [0.15, 0.2) is 30.3 Å². The lowest BCUT2D eigenvalue weighted by atomic mass is 10.2. The van der Waals surface area contributed by atoms with Crippen molar-refractivity contribution in [3.05, 3.63) is 35.9 Å². The van der Waals surface area contributed by atoms with Gasteiger partial charge in [-0.1, -0.05) is 35.9 Å². The van der Waals surface area contributed by atoms with Crippen LogP contribution in [-0.2, 0) is 4.79 Å². The van der Waals surface area contributed by atoms with Crippen molar-refractivity contribution in [2.75, 3.05) is 14.1 Å². The topological polar surface area (TPSA) is 29.1 Å². The third kappa shape index (κ3) is 11.6. The summed E-state index contributed by atoms with van der Waals surface area (Å²) in [6.07, 6.45) is 0. The third-order valence-corrected chi connectivity index (χ3v) is 0.940. The minimum Gasteiger partial charge on any atom is -0.323 e. The monoisotopic (exact) mass is 167 g/mol. The SMILES string of the molecule is C=O.CNC.Cc1ccccc1. The first kappa shape index (κ1) is 13.4. The van der Waals surface area contributed by atoms with Crippen molar-refractivity contribution in [2.24, 2.45) is 0 Å². The molecule has 0 atom stereocenters. The van der Waals surface area contributed by atoms with Crippen molar-refractivity contribution in [3.63, 3.8) is 0 Å². The number of hydrogen-bond acceptors (Lipinski definition) is 2. The van der Waals surface area contributed by atoms with E-state index in [2.05, 4.69) is 24.4 Å². The van der Waals surface area contributed by atoms with Gasteiger partial charge in [-0.2, -0.15) is 0 Å². The highest BCUT2D eigenvalue weighted by atomic mass is 16.1. The van der Waals surface area contributed by atoms with Crippen molar-refractivity contribution in [1.82, 2.24) is 5.32 Å². The van der Waals surface area contributed by atoms with E-state index in [0.717, 1.165) is 0 Å². The second-order valence-electron chi connectivity index (χ2n) is 2.15. The zero-order valence-corrected chi connectivity index (χ0v) is 8.00. The van der Waals surface area contributed by atoms with Gasteiger partial charge in [0.2, 0.25) is 0 Å². The fourth-order valence-corrected chi connectivity index (χ4v) is 0.534. The van der Waals surface area contributed by atoms with Crippen molar-refractivity contribution < 1.29 is 4.79 Å². The van der Waals surface area contributed by atoms with Crippen LogP contribution in [0.3, 0.4) is 0 Å². The minimum atomic E-state index is 1.32. The first-order valence-corrected chi connectivity index (χ1v) is 3.70. The van der Waals surface area contributed by atoms with Gasteiger partial charge in [0.25, 0.3) is 0 Å². The summed E-state index contributed by atoms with van der Waals surface area (Å²) >= 11 is 0. The van der Waals surface area contributed by atoms with E-state index in [0.29, 0.717) is 0 Å². The van der Waals surface area contributed by atoms with E-state index < -0.39 is 0 Å². The summed E-state index contributed by atoms with van der Waals surface area (Å²) in [4.78, 5) is 8.00. The number of carbonyl (C=O) groups is 1. The summed E-state index contributed by atoms with van der Waals surface area (Å²) in [7, 11) is 3.75. The average Bonchev–Trinajstić information content (AvgIpc) is 2.11. The van der Waals surface area contributed by atoms with E-state index in [1.807, 2.05) is 39.1 Å². The lowest BCUT2D eigenvalue weighted by Gasteiger charge is -1.82. The number of nitrogens with one attached hydrogen (secondary N) is 1. The molecule has 0 aliphatic heterocycles. The average molecular weight is 167 g/mol. The van der Waals surface area contributed by atoms with Crippen LogP contribution in [-0.4, -0.2) is 20.9 Å². The summed E-state index contributed by atoms with van der Waals surface area (Å²) in [5.74, 6) is 0. The Labute approximate surface area is 74.6 Å². The molecule has 0 fully saturated rings. The molecule has 0 heterocycles. The Morgan fingerprint density at radius 1 is 1.08 bits per heavy atom. The zero-order valence-electron chi connectivity index (χ0n) is 8.00. The van der Waals surface area contributed by atoms with Crippen LogP contribution >= 0.6 is 0 Å². The fraction of sp³-hybridized carbons (Fsp3) is 0.300. The molecule has 0 bridgehead atoms. The first-order valence-electron chi connectivity index (χ1n) is 3.70. The van der Waals surface area contributed by atoms with Gasteiger partial charge in [-0.05, 0) is 21.0 Å². The van der Waals surface area contributed by atoms with Gasteiger partial charge in [-0.25, -0.2) is 0 Å². The molecule has 2 heteroatoms. The molecule has 12 heavy (non-hydrogen) atoms. The highest BCUT2D eigenvalue weighted by molar-refractivity contribution is 5.11. The van der Waals surface area contributed by atoms with Crippen LogP contribution in [0.5, 0.6) is 0 Å². The summed E-state index contributed by atoms with van der Waals surface area (Å²) in [6, 6.07) is 10.3. The van der Waals surface area contributed by atoms with Gasteiger partial charge in [0, 0.05) is 0 Å². The summed E-state index contributed by atoms with van der Waals surface area (Å²) in [5.41, 5.74) is 1.32. The van der Waals surface area contributed by atoms with Crippen LogP contribution < -0.4 is 5.32 Å². The van der Waals surface area contributed by atoms with Crippen LogP contribution in [0, 0.1) is 6.92 Å². The van der Waals surface area contributed by atoms with E-state index >= 15 is 0 Å². The molecule has 1 N–H and O–H groups in total. The molecule has 0 saturated carbocycles. The number of hydrogen-bond donors (Lipinski definition) is 1. The lowest BCUT2D eigenvalue weighted by molar-refractivity contribution is -0.0979. The van der Waals surface area contributed by atoms with Crippen LogP contribution in [0.2, 0.25) is 0 Å². The number of carbonyl (C=O) groups excluding carboxylic acids is 1. The maximum absolute atomic E-state index is 8.00. The molecule has 0 aromatic heterocycles. The highest BCUT2D eigenvalue weighted by Crippen LogP contribution is 1.92. The number of rotatable bonds is 0. The van der Waals surface area contributed by atoms with Crippen LogP contribution in [0.4, 0.5) is 0 Å². The predicted molar refractivity (Wildman–Crippen MR) is 53.3 cm³/mol. The fourth-order valence-electron chi connectivity index (χ4n) is 0.534. The molecule has 1 aromatic carbocycles. The molecule has 0 amide bonds. The molecule has 2 nitrogen and oxygen atoms in total. The second kappa shape index (κ2) is 12.5. The molecular weight excluding hydrogens is 150 g/mol. The van der Waals surface area contributed by atoms with Crippen LogP contribution in [0.25, 0.3) is 0 Å². The number of benzene rings is 1. The smallest absolute Gasteiger partial charge is 0.106 e. The maximum atomic E-state index is 8.00. The Morgan fingerprint density at radius 3 is 1.58 bits per heavy atom. The molecule has 0 aliphatic rings. The summed E-state index contributed by atoms with van der Waals surface area (Å²) < 4.78 is 0. The van der Waals surface area contributed by atoms with E-state index in [4.69, 9.17) is 4.79 Å². The Hall–Kier alpha value is -1.15. The quantitative estimate of drug-likeness (QED) is 0.636. The molecule has 0 spiro atoms. The summed E-state index contributed by atoms with van der Waals surface area (Å²) in [5, 5.41) is 2.75. The van der Waals surface area contributed by atoms with Crippen molar-refractivity contribution in [3.8, 4) is 0 Å². The zero-order chi connectivity index (χ0) is 9.82. The Bertz CT molecular complexity index is 163. The van der Waals surface area contributed by atoms with Crippen molar-refractivity contribution in [2.45, 2.75) is 6.92 Å². The Balaban J connectivity index is 0. The molecule has 1 rings (SSSR count). The largest absolute Gasteiger partial charge is 0.323 e. The van der Waals surface area contributed by atoms with Gasteiger partial charge < -0.3 is 10.1 Å². The van der Waals surface area contributed by atoms with Crippen LogP contribution in [0.1, 0.15) is 5.56 Å². The van der Waals surface area contributed by atoms with Gasteiger partial charge in [-0.3, -0.25) is 0 Å². The molecule has 0 saturated heterocycles. The van der Waals surface area contributed by atoms with Gasteiger partial charge in [0.05, 0.1) is 0 Å². The maximum Gasteiger partial charge on any atom is 0.106 e. The molecule has 0 unspecified atom stereocenters. The molecule has 0 radical (unpaired) electrons. The molecular formula is C10H17NO. The van der Waals surface area contributed by atoms with E-state index in [1.54, 1.807) is 0 Å².